The van der Waals surface area contributed by atoms with Crippen LogP contribution in [0.4, 0.5) is 4.79 Å². The standard InChI is InChI=1S/C17H24N4O2/c1-19-11-12-21(17(19)23)14-7-9-20(10-8-14)15(16(18)22)13-5-3-2-4-6-13/h2-6,14-15H,7-12H2,1H3,(H2,18,22). The van der Waals surface area contributed by atoms with Gasteiger partial charge < -0.3 is 15.5 Å². The molecule has 1 aromatic rings. The zero-order valence-corrected chi connectivity index (χ0v) is 13.5. The van der Waals surface area contributed by atoms with Gasteiger partial charge in [0, 0.05) is 39.3 Å². The highest BCUT2D eigenvalue weighted by molar-refractivity contribution is 5.81. The van der Waals surface area contributed by atoms with Gasteiger partial charge in [-0.15, -0.1) is 0 Å². The number of hydrogen-bond donors (Lipinski definition) is 1. The lowest BCUT2D eigenvalue weighted by molar-refractivity contribution is -0.124. The lowest BCUT2D eigenvalue weighted by atomic mass is 9.98. The van der Waals surface area contributed by atoms with Crippen LogP contribution >= 0.6 is 0 Å². The number of likely N-dealkylation sites (N-methyl/N-ethyl adjacent to an activating group) is 1. The molecule has 0 radical (unpaired) electrons. The molecule has 2 saturated heterocycles. The molecular formula is C17H24N4O2. The molecule has 0 spiro atoms. The maximum Gasteiger partial charge on any atom is 0.320 e. The van der Waals surface area contributed by atoms with Crippen molar-refractivity contribution in [3.05, 3.63) is 35.9 Å². The number of amides is 3. The van der Waals surface area contributed by atoms with Gasteiger partial charge in [0.1, 0.15) is 6.04 Å². The largest absolute Gasteiger partial charge is 0.368 e. The summed E-state index contributed by atoms with van der Waals surface area (Å²) in [4.78, 5) is 29.9. The molecule has 0 aliphatic carbocycles. The Bertz CT molecular complexity index is 569. The second kappa shape index (κ2) is 6.58. The molecule has 6 heteroatoms. The van der Waals surface area contributed by atoms with Gasteiger partial charge in [0.25, 0.3) is 0 Å². The summed E-state index contributed by atoms with van der Waals surface area (Å²) >= 11 is 0. The summed E-state index contributed by atoms with van der Waals surface area (Å²) in [5.74, 6) is -0.313. The first-order valence-corrected chi connectivity index (χ1v) is 8.18. The van der Waals surface area contributed by atoms with Crippen molar-refractivity contribution in [2.24, 2.45) is 5.73 Å². The minimum atomic E-state index is -0.380. The number of benzene rings is 1. The predicted octanol–water partition coefficient (Wildman–Crippen LogP) is 1.04. The van der Waals surface area contributed by atoms with E-state index in [1.807, 2.05) is 42.3 Å². The zero-order valence-electron chi connectivity index (χ0n) is 13.5. The predicted molar refractivity (Wildman–Crippen MR) is 87.7 cm³/mol. The molecule has 0 bridgehead atoms. The number of likely N-dealkylation sites (tertiary alicyclic amines) is 1. The molecule has 2 fully saturated rings. The zero-order chi connectivity index (χ0) is 16.4. The highest BCUT2D eigenvalue weighted by Crippen LogP contribution is 2.27. The molecule has 1 unspecified atom stereocenters. The van der Waals surface area contributed by atoms with E-state index in [0.29, 0.717) is 0 Å². The third-order valence-electron chi connectivity index (χ3n) is 4.94. The second-order valence-corrected chi connectivity index (χ2v) is 6.38. The van der Waals surface area contributed by atoms with Crippen molar-refractivity contribution in [2.45, 2.75) is 24.9 Å². The average molecular weight is 316 g/mol. The van der Waals surface area contributed by atoms with Crippen molar-refractivity contribution in [3.8, 4) is 0 Å². The van der Waals surface area contributed by atoms with Crippen LogP contribution in [0.25, 0.3) is 0 Å². The summed E-state index contributed by atoms with van der Waals surface area (Å²) in [5, 5.41) is 0. The van der Waals surface area contributed by atoms with Crippen molar-refractivity contribution in [1.29, 1.82) is 0 Å². The molecule has 23 heavy (non-hydrogen) atoms. The van der Waals surface area contributed by atoms with Crippen molar-refractivity contribution >= 4 is 11.9 Å². The summed E-state index contributed by atoms with van der Waals surface area (Å²) in [7, 11) is 1.84. The molecule has 2 N–H and O–H groups in total. The van der Waals surface area contributed by atoms with E-state index < -0.39 is 0 Å². The maximum atomic E-state index is 12.1. The molecule has 2 aliphatic heterocycles. The van der Waals surface area contributed by atoms with E-state index in [2.05, 4.69) is 4.90 Å². The number of piperidine rings is 1. The summed E-state index contributed by atoms with van der Waals surface area (Å²) in [6, 6.07) is 9.69. The Balaban J connectivity index is 1.65. The number of rotatable bonds is 4. The molecule has 2 aliphatic rings. The molecule has 1 atom stereocenters. The lowest BCUT2D eigenvalue weighted by Crippen LogP contribution is -2.49. The number of nitrogens with zero attached hydrogens (tertiary/aromatic N) is 3. The monoisotopic (exact) mass is 316 g/mol. The van der Waals surface area contributed by atoms with Crippen LogP contribution in [0.5, 0.6) is 0 Å². The average Bonchev–Trinajstić information content (AvgIpc) is 2.89. The SMILES string of the molecule is CN1CCN(C2CCN(C(C(N)=O)c3ccccc3)CC2)C1=O. The number of nitrogens with two attached hydrogens (primary N) is 1. The van der Waals surface area contributed by atoms with Crippen LogP contribution in [0.2, 0.25) is 0 Å². The van der Waals surface area contributed by atoms with E-state index in [1.165, 1.54) is 0 Å². The van der Waals surface area contributed by atoms with E-state index in [0.717, 1.165) is 44.6 Å². The molecule has 124 valence electrons. The van der Waals surface area contributed by atoms with Crippen LogP contribution in [0.1, 0.15) is 24.4 Å². The van der Waals surface area contributed by atoms with Crippen molar-refractivity contribution < 1.29 is 9.59 Å². The Morgan fingerprint density at radius 2 is 1.78 bits per heavy atom. The molecule has 1 aromatic carbocycles. The highest BCUT2D eigenvalue weighted by Gasteiger charge is 2.36. The third kappa shape index (κ3) is 3.17. The molecule has 0 aromatic heterocycles. The first-order chi connectivity index (χ1) is 11.1. The van der Waals surface area contributed by atoms with Gasteiger partial charge in [0.2, 0.25) is 5.91 Å². The smallest absolute Gasteiger partial charge is 0.320 e. The molecule has 0 saturated carbocycles. The van der Waals surface area contributed by atoms with Gasteiger partial charge in [-0.1, -0.05) is 30.3 Å². The van der Waals surface area contributed by atoms with Crippen LogP contribution < -0.4 is 5.73 Å². The van der Waals surface area contributed by atoms with Gasteiger partial charge >= 0.3 is 6.03 Å². The first kappa shape index (κ1) is 15.8. The van der Waals surface area contributed by atoms with Gasteiger partial charge in [0.15, 0.2) is 0 Å². The van der Waals surface area contributed by atoms with Crippen LogP contribution in [-0.2, 0) is 4.79 Å². The Labute approximate surface area is 136 Å². The van der Waals surface area contributed by atoms with Crippen LogP contribution in [-0.4, -0.2) is 65.9 Å². The Hall–Kier alpha value is -2.08. The summed E-state index contributed by atoms with van der Waals surface area (Å²) in [6.45, 7) is 3.16. The number of carbonyl (C=O) groups is 2. The van der Waals surface area contributed by atoms with E-state index in [-0.39, 0.29) is 24.0 Å². The molecule has 3 amide bonds. The fourth-order valence-electron chi connectivity index (χ4n) is 3.65. The van der Waals surface area contributed by atoms with Crippen molar-refractivity contribution in [1.82, 2.24) is 14.7 Å². The Kier molecular flexibility index (Phi) is 4.52. The highest BCUT2D eigenvalue weighted by atomic mass is 16.2. The maximum absolute atomic E-state index is 12.1. The van der Waals surface area contributed by atoms with Crippen LogP contribution in [0, 0.1) is 0 Å². The number of carbonyl (C=O) groups excluding carboxylic acids is 2. The molecule has 6 nitrogen and oxygen atoms in total. The minimum absolute atomic E-state index is 0.123. The quantitative estimate of drug-likeness (QED) is 0.902. The summed E-state index contributed by atoms with van der Waals surface area (Å²) < 4.78 is 0. The third-order valence-corrected chi connectivity index (χ3v) is 4.94. The molecular weight excluding hydrogens is 292 g/mol. The Morgan fingerprint density at radius 1 is 1.13 bits per heavy atom. The van der Waals surface area contributed by atoms with E-state index in [1.54, 1.807) is 4.90 Å². The number of urea groups is 1. The minimum Gasteiger partial charge on any atom is -0.368 e. The van der Waals surface area contributed by atoms with Crippen LogP contribution in [0.3, 0.4) is 0 Å². The van der Waals surface area contributed by atoms with Gasteiger partial charge in [-0.3, -0.25) is 9.69 Å². The first-order valence-electron chi connectivity index (χ1n) is 8.18. The van der Waals surface area contributed by atoms with E-state index in [9.17, 15) is 9.59 Å². The van der Waals surface area contributed by atoms with Crippen LogP contribution in [0.15, 0.2) is 30.3 Å². The van der Waals surface area contributed by atoms with Crippen molar-refractivity contribution in [2.75, 3.05) is 33.2 Å². The van der Waals surface area contributed by atoms with Gasteiger partial charge in [-0.25, -0.2) is 4.79 Å². The fourth-order valence-corrected chi connectivity index (χ4v) is 3.65. The fraction of sp³-hybridized carbons (Fsp3) is 0.529. The normalized spacial score (nSPS) is 21.7. The molecule has 3 rings (SSSR count). The van der Waals surface area contributed by atoms with Crippen molar-refractivity contribution in [3.63, 3.8) is 0 Å². The molecule has 2 heterocycles. The Morgan fingerprint density at radius 3 is 2.30 bits per heavy atom. The second-order valence-electron chi connectivity index (χ2n) is 6.38. The summed E-state index contributed by atoms with van der Waals surface area (Å²) in [5.41, 5.74) is 6.59. The number of hydrogen-bond acceptors (Lipinski definition) is 3. The van der Waals surface area contributed by atoms with Gasteiger partial charge in [-0.05, 0) is 18.4 Å². The number of primary amides is 1. The lowest BCUT2D eigenvalue weighted by Gasteiger charge is -2.39. The van der Waals surface area contributed by atoms with E-state index >= 15 is 0 Å². The van der Waals surface area contributed by atoms with E-state index in [4.69, 9.17) is 5.73 Å². The van der Waals surface area contributed by atoms with Gasteiger partial charge in [0.05, 0.1) is 0 Å². The van der Waals surface area contributed by atoms with Gasteiger partial charge in [-0.2, -0.15) is 0 Å². The topological polar surface area (TPSA) is 69.9 Å². The summed E-state index contributed by atoms with van der Waals surface area (Å²) in [6.07, 6.45) is 1.77.